The van der Waals surface area contributed by atoms with E-state index in [0.717, 1.165) is 11.1 Å². The van der Waals surface area contributed by atoms with E-state index < -0.39 is 5.91 Å². The molecule has 0 bridgehead atoms. The van der Waals surface area contributed by atoms with Crippen LogP contribution in [0.5, 0.6) is 0 Å². The van der Waals surface area contributed by atoms with Crippen LogP contribution in [0, 0.1) is 0 Å². The van der Waals surface area contributed by atoms with Gasteiger partial charge in [-0.2, -0.15) is 0 Å². The van der Waals surface area contributed by atoms with Gasteiger partial charge in [0, 0.05) is 18.5 Å². The van der Waals surface area contributed by atoms with Crippen molar-refractivity contribution in [3.63, 3.8) is 0 Å². The lowest BCUT2D eigenvalue weighted by Crippen LogP contribution is -2.42. The lowest BCUT2D eigenvalue weighted by atomic mass is 9.88. The standard InChI is InChI=1S/C21H19N3O2/c25-20(23-24-21(26)19-13-7-8-14-22-19)15-18(16-9-3-1-4-10-16)17-11-5-2-6-12-17/h1-14,18H,15H2,(H,23,25)(H,24,26). The molecule has 1 heterocycles. The van der Waals surface area contributed by atoms with Gasteiger partial charge in [-0.15, -0.1) is 0 Å². The number of carbonyl (C=O) groups is 2. The molecule has 2 N–H and O–H groups in total. The maximum absolute atomic E-state index is 12.4. The Morgan fingerprint density at radius 3 is 1.88 bits per heavy atom. The smallest absolute Gasteiger partial charge is 0.273 e. The summed E-state index contributed by atoms with van der Waals surface area (Å²) in [6.07, 6.45) is 1.74. The van der Waals surface area contributed by atoms with Crippen molar-refractivity contribution in [1.82, 2.24) is 15.8 Å². The normalized spacial score (nSPS) is 10.3. The van der Waals surface area contributed by atoms with Gasteiger partial charge in [0.1, 0.15) is 5.69 Å². The average molecular weight is 345 g/mol. The van der Waals surface area contributed by atoms with Gasteiger partial charge in [0.15, 0.2) is 0 Å². The van der Waals surface area contributed by atoms with E-state index in [0.29, 0.717) is 0 Å². The van der Waals surface area contributed by atoms with Crippen molar-refractivity contribution in [3.8, 4) is 0 Å². The first-order valence-electron chi connectivity index (χ1n) is 8.34. The molecule has 2 amide bonds. The molecule has 0 aliphatic rings. The third kappa shape index (κ3) is 4.54. The summed E-state index contributed by atoms with van der Waals surface area (Å²) in [5, 5.41) is 0. The summed E-state index contributed by atoms with van der Waals surface area (Å²) < 4.78 is 0. The van der Waals surface area contributed by atoms with Gasteiger partial charge in [-0.25, -0.2) is 0 Å². The molecule has 0 saturated carbocycles. The molecule has 5 nitrogen and oxygen atoms in total. The Bertz CT molecular complexity index is 813. The number of hydrazine groups is 1. The number of carbonyl (C=O) groups excluding carboxylic acids is 2. The summed E-state index contributed by atoms with van der Waals surface area (Å²) in [6, 6.07) is 24.7. The van der Waals surface area contributed by atoms with Crippen molar-refractivity contribution >= 4 is 11.8 Å². The summed E-state index contributed by atoms with van der Waals surface area (Å²) in [5.74, 6) is -0.814. The molecule has 5 heteroatoms. The summed E-state index contributed by atoms with van der Waals surface area (Å²) in [6.45, 7) is 0. The maximum Gasteiger partial charge on any atom is 0.288 e. The minimum Gasteiger partial charge on any atom is -0.273 e. The van der Waals surface area contributed by atoms with Crippen LogP contribution in [0.15, 0.2) is 85.1 Å². The molecular weight excluding hydrogens is 326 g/mol. The molecule has 3 rings (SSSR count). The summed E-state index contributed by atoms with van der Waals surface area (Å²) in [5.41, 5.74) is 7.22. The van der Waals surface area contributed by atoms with E-state index in [1.807, 2.05) is 60.7 Å². The third-order valence-corrected chi connectivity index (χ3v) is 4.01. The zero-order chi connectivity index (χ0) is 18.2. The summed E-state index contributed by atoms with van der Waals surface area (Å²) in [7, 11) is 0. The molecule has 0 spiro atoms. The molecule has 0 fully saturated rings. The van der Waals surface area contributed by atoms with Crippen LogP contribution in [-0.4, -0.2) is 16.8 Å². The highest BCUT2D eigenvalue weighted by Crippen LogP contribution is 2.27. The second-order valence-corrected chi connectivity index (χ2v) is 5.80. The van der Waals surface area contributed by atoms with Crippen LogP contribution in [-0.2, 0) is 4.79 Å². The van der Waals surface area contributed by atoms with E-state index >= 15 is 0 Å². The summed E-state index contributed by atoms with van der Waals surface area (Å²) >= 11 is 0. The zero-order valence-electron chi connectivity index (χ0n) is 14.1. The number of nitrogens with zero attached hydrogens (tertiary/aromatic N) is 1. The van der Waals surface area contributed by atoms with Crippen molar-refractivity contribution in [3.05, 3.63) is 102 Å². The minimum absolute atomic E-state index is 0.0934. The number of amides is 2. The lowest BCUT2D eigenvalue weighted by Gasteiger charge is -2.18. The van der Waals surface area contributed by atoms with Gasteiger partial charge in [0.25, 0.3) is 5.91 Å². The topological polar surface area (TPSA) is 71.1 Å². The number of rotatable bonds is 5. The van der Waals surface area contributed by atoms with E-state index in [4.69, 9.17) is 0 Å². The quantitative estimate of drug-likeness (QED) is 0.698. The van der Waals surface area contributed by atoms with Gasteiger partial charge in [0.05, 0.1) is 0 Å². The summed E-state index contributed by atoms with van der Waals surface area (Å²) in [4.78, 5) is 28.3. The van der Waals surface area contributed by atoms with Gasteiger partial charge >= 0.3 is 0 Å². The Labute approximate surface area is 152 Å². The largest absolute Gasteiger partial charge is 0.288 e. The minimum atomic E-state index is -0.449. The molecule has 1 aromatic heterocycles. The fourth-order valence-corrected chi connectivity index (χ4v) is 2.72. The SMILES string of the molecule is O=C(CC(c1ccccc1)c1ccccc1)NNC(=O)c1ccccn1. The van der Waals surface area contributed by atoms with Crippen LogP contribution < -0.4 is 10.9 Å². The zero-order valence-corrected chi connectivity index (χ0v) is 14.1. The maximum atomic E-state index is 12.4. The van der Waals surface area contributed by atoms with E-state index in [-0.39, 0.29) is 23.9 Å². The second kappa shape index (κ2) is 8.58. The number of pyridine rings is 1. The Hall–Kier alpha value is -3.47. The molecule has 130 valence electrons. The van der Waals surface area contributed by atoms with Gasteiger partial charge in [0.2, 0.25) is 5.91 Å². The molecule has 2 aromatic carbocycles. The number of hydrogen-bond donors (Lipinski definition) is 2. The van der Waals surface area contributed by atoms with Gasteiger partial charge in [-0.1, -0.05) is 66.7 Å². The fourth-order valence-electron chi connectivity index (χ4n) is 2.72. The predicted molar refractivity (Wildman–Crippen MR) is 99.2 cm³/mol. The van der Waals surface area contributed by atoms with Gasteiger partial charge in [-0.3, -0.25) is 25.4 Å². The molecule has 0 aliphatic heterocycles. The first-order chi connectivity index (χ1) is 12.7. The first-order valence-corrected chi connectivity index (χ1v) is 8.34. The van der Waals surface area contributed by atoms with E-state index in [9.17, 15) is 9.59 Å². The predicted octanol–water partition coefficient (Wildman–Crippen LogP) is 3.06. The molecule has 0 radical (unpaired) electrons. The van der Waals surface area contributed by atoms with E-state index in [1.165, 1.54) is 6.20 Å². The third-order valence-electron chi connectivity index (χ3n) is 4.01. The number of benzene rings is 2. The van der Waals surface area contributed by atoms with Crippen LogP contribution >= 0.6 is 0 Å². The van der Waals surface area contributed by atoms with Crippen molar-refractivity contribution < 1.29 is 9.59 Å². The number of hydrogen-bond acceptors (Lipinski definition) is 3. The Morgan fingerprint density at radius 1 is 0.769 bits per heavy atom. The van der Waals surface area contributed by atoms with Gasteiger partial charge in [-0.05, 0) is 23.3 Å². The molecule has 0 atom stereocenters. The van der Waals surface area contributed by atoms with Crippen LogP contribution in [0.1, 0.15) is 34.0 Å². The highest BCUT2D eigenvalue weighted by atomic mass is 16.2. The van der Waals surface area contributed by atoms with E-state index in [1.54, 1.807) is 18.2 Å². The van der Waals surface area contributed by atoms with Gasteiger partial charge < -0.3 is 0 Å². The Balaban J connectivity index is 1.67. The highest BCUT2D eigenvalue weighted by molar-refractivity contribution is 5.93. The van der Waals surface area contributed by atoms with Crippen molar-refractivity contribution in [2.45, 2.75) is 12.3 Å². The molecule has 3 aromatic rings. The molecule has 26 heavy (non-hydrogen) atoms. The monoisotopic (exact) mass is 345 g/mol. The molecule has 0 saturated heterocycles. The number of nitrogens with one attached hydrogen (secondary N) is 2. The lowest BCUT2D eigenvalue weighted by molar-refractivity contribution is -0.122. The molecule has 0 aliphatic carbocycles. The Kier molecular flexibility index (Phi) is 5.72. The first kappa shape index (κ1) is 17.4. The van der Waals surface area contributed by atoms with Crippen LogP contribution in [0.25, 0.3) is 0 Å². The molecule has 0 unspecified atom stereocenters. The van der Waals surface area contributed by atoms with Crippen molar-refractivity contribution in [2.75, 3.05) is 0 Å². The van der Waals surface area contributed by atoms with Crippen molar-refractivity contribution in [2.24, 2.45) is 0 Å². The average Bonchev–Trinajstić information content (AvgIpc) is 2.72. The number of aromatic nitrogens is 1. The van der Waals surface area contributed by atoms with Crippen LogP contribution in [0.3, 0.4) is 0 Å². The fraction of sp³-hybridized carbons (Fsp3) is 0.0952. The van der Waals surface area contributed by atoms with Crippen LogP contribution in [0.2, 0.25) is 0 Å². The van der Waals surface area contributed by atoms with Crippen molar-refractivity contribution in [1.29, 1.82) is 0 Å². The second-order valence-electron chi connectivity index (χ2n) is 5.80. The highest BCUT2D eigenvalue weighted by Gasteiger charge is 2.18. The van der Waals surface area contributed by atoms with Crippen LogP contribution in [0.4, 0.5) is 0 Å². The Morgan fingerprint density at radius 2 is 1.35 bits per heavy atom. The molecular formula is C21H19N3O2. The van der Waals surface area contributed by atoms with E-state index in [2.05, 4.69) is 15.8 Å².